The Morgan fingerprint density at radius 1 is 1.50 bits per heavy atom. The summed E-state index contributed by atoms with van der Waals surface area (Å²) in [5.74, 6) is 5.12. The predicted octanol–water partition coefficient (Wildman–Crippen LogP) is 0.701. The van der Waals surface area contributed by atoms with E-state index in [2.05, 4.69) is 24.6 Å². The molecular formula is C7H17N3. The maximum atomic E-state index is 5.12. The quantitative estimate of drug-likeness (QED) is 0.392. The number of hydrazine groups is 1. The molecule has 10 heavy (non-hydrogen) atoms. The first-order chi connectivity index (χ1) is 4.85. The molecule has 4 N–H and O–H groups in total. The fraction of sp³-hybridized carbons (Fsp3) is 0.714. The lowest BCUT2D eigenvalue weighted by Gasteiger charge is -2.06. The summed E-state index contributed by atoms with van der Waals surface area (Å²) >= 11 is 0. The Bertz CT molecular complexity index is 91.0. The second-order valence-electron chi connectivity index (χ2n) is 2.12. The summed E-state index contributed by atoms with van der Waals surface area (Å²) in [6, 6.07) is 0. The van der Waals surface area contributed by atoms with E-state index in [1.807, 2.05) is 0 Å². The largest absolute Gasteiger partial charge is 0.387 e. The van der Waals surface area contributed by atoms with E-state index in [-0.39, 0.29) is 0 Å². The molecule has 0 bridgehead atoms. The van der Waals surface area contributed by atoms with Gasteiger partial charge in [0.2, 0.25) is 0 Å². The van der Waals surface area contributed by atoms with Crippen molar-refractivity contribution in [3.05, 3.63) is 11.9 Å². The highest BCUT2D eigenvalue weighted by atomic mass is 15.2. The van der Waals surface area contributed by atoms with Crippen molar-refractivity contribution in [2.75, 3.05) is 6.54 Å². The smallest absolute Gasteiger partial charge is 0.0312 e. The first-order valence-corrected chi connectivity index (χ1v) is 3.74. The summed E-state index contributed by atoms with van der Waals surface area (Å²) in [5.41, 5.74) is 3.69. The molecule has 3 heteroatoms. The van der Waals surface area contributed by atoms with Gasteiger partial charge in [0.1, 0.15) is 0 Å². The predicted molar refractivity (Wildman–Crippen MR) is 44.0 cm³/mol. The van der Waals surface area contributed by atoms with Crippen LogP contribution in [-0.2, 0) is 0 Å². The van der Waals surface area contributed by atoms with Crippen molar-refractivity contribution >= 4 is 0 Å². The molecule has 0 atom stereocenters. The van der Waals surface area contributed by atoms with Gasteiger partial charge in [-0.05, 0) is 13.3 Å². The maximum absolute atomic E-state index is 5.12. The minimum atomic E-state index is 0.952. The standard InChI is InChI=1S/C7H17N3/c1-3-5-7(6-10-8)9-4-2/h6,9-10H,3-5,8H2,1-2H3. The normalized spacial score (nSPS) is 11.3. The summed E-state index contributed by atoms with van der Waals surface area (Å²) in [6.45, 7) is 5.16. The zero-order chi connectivity index (χ0) is 7.82. The van der Waals surface area contributed by atoms with E-state index in [4.69, 9.17) is 5.84 Å². The Labute approximate surface area is 62.6 Å². The molecule has 0 saturated heterocycles. The molecule has 0 aliphatic rings. The first-order valence-electron chi connectivity index (χ1n) is 3.74. The van der Waals surface area contributed by atoms with E-state index >= 15 is 0 Å². The lowest BCUT2D eigenvalue weighted by Crippen LogP contribution is -2.20. The van der Waals surface area contributed by atoms with E-state index < -0.39 is 0 Å². The van der Waals surface area contributed by atoms with Crippen molar-refractivity contribution in [3.8, 4) is 0 Å². The van der Waals surface area contributed by atoms with E-state index in [9.17, 15) is 0 Å². The van der Waals surface area contributed by atoms with Gasteiger partial charge in [0.15, 0.2) is 0 Å². The van der Waals surface area contributed by atoms with Crippen LogP contribution in [0.4, 0.5) is 0 Å². The van der Waals surface area contributed by atoms with Crippen LogP contribution >= 0.6 is 0 Å². The van der Waals surface area contributed by atoms with Gasteiger partial charge < -0.3 is 10.7 Å². The van der Waals surface area contributed by atoms with Crippen molar-refractivity contribution < 1.29 is 0 Å². The van der Waals surface area contributed by atoms with Crippen LogP contribution in [0.15, 0.2) is 11.9 Å². The van der Waals surface area contributed by atoms with Crippen LogP contribution in [0.5, 0.6) is 0 Å². The van der Waals surface area contributed by atoms with Gasteiger partial charge in [-0.3, -0.25) is 5.84 Å². The lowest BCUT2D eigenvalue weighted by molar-refractivity contribution is 0.742. The highest BCUT2D eigenvalue weighted by molar-refractivity contribution is 4.96. The molecule has 0 radical (unpaired) electrons. The van der Waals surface area contributed by atoms with Crippen LogP contribution in [0.1, 0.15) is 26.7 Å². The second kappa shape index (κ2) is 6.42. The average Bonchev–Trinajstić information content (AvgIpc) is 1.90. The SMILES string of the molecule is CCCC(=CNN)NCC. The number of allylic oxidation sites excluding steroid dienone is 1. The molecule has 0 aromatic heterocycles. The third-order valence-electron chi connectivity index (χ3n) is 1.18. The zero-order valence-electron chi connectivity index (χ0n) is 6.78. The molecule has 3 nitrogen and oxygen atoms in total. The molecule has 0 fully saturated rings. The van der Waals surface area contributed by atoms with Crippen molar-refractivity contribution in [1.29, 1.82) is 0 Å². The molecule has 0 aromatic rings. The maximum Gasteiger partial charge on any atom is 0.0312 e. The molecule has 0 spiro atoms. The van der Waals surface area contributed by atoms with Crippen molar-refractivity contribution in [2.45, 2.75) is 26.7 Å². The first kappa shape index (κ1) is 9.30. The fourth-order valence-electron chi connectivity index (χ4n) is 0.809. The third-order valence-corrected chi connectivity index (χ3v) is 1.18. The average molecular weight is 143 g/mol. The van der Waals surface area contributed by atoms with Crippen LogP contribution in [0.3, 0.4) is 0 Å². The Kier molecular flexibility index (Phi) is 5.97. The van der Waals surface area contributed by atoms with E-state index in [1.165, 1.54) is 5.70 Å². The van der Waals surface area contributed by atoms with Crippen molar-refractivity contribution in [1.82, 2.24) is 10.7 Å². The molecular weight excluding hydrogens is 126 g/mol. The Hall–Kier alpha value is -0.700. The summed E-state index contributed by atoms with van der Waals surface area (Å²) in [6.07, 6.45) is 3.99. The molecule has 0 unspecified atom stereocenters. The van der Waals surface area contributed by atoms with E-state index in [0.717, 1.165) is 19.4 Å². The summed E-state index contributed by atoms with van der Waals surface area (Å²) < 4.78 is 0. The topological polar surface area (TPSA) is 50.1 Å². The van der Waals surface area contributed by atoms with Crippen molar-refractivity contribution in [2.24, 2.45) is 5.84 Å². The third kappa shape index (κ3) is 4.21. The molecule has 0 saturated carbocycles. The Morgan fingerprint density at radius 3 is 2.60 bits per heavy atom. The minimum absolute atomic E-state index is 0.952. The van der Waals surface area contributed by atoms with E-state index in [1.54, 1.807) is 6.20 Å². The van der Waals surface area contributed by atoms with Gasteiger partial charge in [0.05, 0.1) is 0 Å². The molecule has 0 amide bonds. The molecule has 0 aromatic carbocycles. The number of rotatable bonds is 5. The van der Waals surface area contributed by atoms with E-state index in [0.29, 0.717) is 0 Å². The second-order valence-corrected chi connectivity index (χ2v) is 2.12. The van der Waals surface area contributed by atoms with Crippen LogP contribution in [-0.4, -0.2) is 6.54 Å². The Balaban J connectivity index is 3.60. The van der Waals surface area contributed by atoms with Gasteiger partial charge in [-0.25, -0.2) is 0 Å². The lowest BCUT2D eigenvalue weighted by atomic mass is 10.2. The molecule has 0 aliphatic heterocycles. The highest BCUT2D eigenvalue weighted by Gasteiger charge is 1.90. The summed E-state index contributed by atoms with van der Waals surface area (Å²) in [7, 11) is 0. The highest BCUT2D eigenvalue weighted by Crippen LogP contribution is 1.97. The number of nitrogens with one attached hydrogen (secondary N) is 2. The van der Waals surface area contributed by atoms with Gasteiger partial charge in [-0.15, -0.1) is 0 Å². The number of hydrogen-bond acceptors (Lipinski definition) is 3. The summed E-state index contributed by atoms with van der Waals surface area (Å²) in [5, 5.41) is 3.20. The molecule has 0 aliphatic carbocycles. The van der Waals surface area contributed by atoms with Crippen molar-refractivity contribution in [3.63, 3.8) is 0 Å². The van der Waals surface area contributed by atoms with Crippen LogP contribution in [0.25, 0.3) is 0 Å². The summed E-state index contributed by atoms with van der Waals surface area (Å²) in [4.78, 5) is 0. The minimum Gasteiger partial charge on any atom is -0.387 e. The monoisotopic (exact) mass is 143 g/mol. The molecule has 0 heterocycles. The number of nitrogens with two attached hydrogens (primary N) is 1. The molecule has 0 rings (SSSR count). The van der Waals surface area contributed by atoms with Crippen LogP contribution in [0, 0.1) is 0 Å². The van der Waals surface area contributed by atoms with Crippen LogP contribution < -0.4 is 16.6 Å². The van der Waals surface area contributed by atoms with Gasteiger partial charge in [-0.2, -0.15) is 0 Å². The van der Waals surface area contributed by atoms with Gasteiger partial charge in [0, 0.05) is 18.4 Å². The molecule has 60 valence electrons. The van der Waals surface area contributed by atoms with Gasteiger partial charge in [0.25, 0.3) is 0 Å². The zero-order valence-corrected chi connectivity index (χ0v) is 6.78. The van der Waals surface area contributed by atoms with Gasteiger partial charge >= 0.3 is 0 Å². The Morgan fingerprint density at radius 2 is 2.20 bits per heavy atom. The van der Waals surface area contributed by atoms with Gasteiger partial charge in [-0.1, -0.05) is 13.3 Å². The number of hydrogen-bond donors (Lipinski definition) is 3. The van der Waals surface area contributed by atoms with Crippen LogP contribution in [0.2, 0.25) is 0 Å². The fourth-order valence-corrected chi connectivity index (χ4v) is 0.809.